The van der Waals surface area contributed by atoms with Gasteiger partial charge in [0.25, 0.3) is 5.91 Å². The second-order valence-electron chi connectivity index (χ2n) is 4.19. The van der Waals surface area contributed by atoms with Crippen LogP contribution in [0.15, 0.2) is 0 Å². The van der Waals surface area contributed by atoms with E-state index in [-0.39, 0.29) is 18.1 Å². The maximum Gasteiger partial charge on any atom is 0.250 e. The van der Waals surface area contributed by atoms with Gasteiger partial charge in [0.15, 0.2) is 0 Å². The standard InChI is InChI=1S/C10H18N2O3S/c13-10(9-7-11-3-4-15-9)12-8-1-5-16(14)6-2-8/h8-9,11H,1-7H2,(H,12,13). The number of hydrogen-bond donors (Lipinski definition) is 2. The molecular formula is C10H18N2O3S. The molecule has 2 aliphatic heterocycles. The van der Waals surface area contributed by atoms with Gasteiger partial charge in [-0.25, -0.2) is 0 Å². The highest BCUT2D eigenvalue weighted by Crippen LogP contribution is 2.09. The smallest absolute Gasteiger partial charge is 0.250 e. The van der Waals surface area contributed by atoms with E-state index in [2.05, 4.69) is 10.6 Å². The van der Waals surface area contributed by atoms with Crippen molar-refractivity contribution in [3.8, 4) is 0 Å². The van der Waals surface area contributed by atoms with Crippen LogP contribution in [0.1, 0.15) is 12.8 Å². The molecule has 92 valence electrons. The van der Waals surface area contributed by atoms with Crippen molar-refractivity contribution in [2.24, 2.45) is 0 Å². The van der Waals surface area contributed by atoms with Crippen LogP contribution in [0.5, 0.6) is 0 Å². The Bertz CT molecular complexity index is 269. The van der Waals surface area contributed by atoms with Gasteiger partial charge in [-0.1, -0.05) is 0 Å². The van der Waals surface area contributed by atoms with Gasteiger partial charge in [0.05, 0.1) is 6.61 Å². The molecule has 1 atom stereocenters. The van der Waals surface area contributed by atoms with E-state index in [4.69, 9.17) is 4.74 Å². The Kier molecular flexibility index (Phi) is 4.31. The fourth-order valence-electron chi connectivity index (χ4n) is 1.97. The van der Waals surface area contributed by atoms with Crippen LogP contribution < -0.4 is 10.6 Å². The first kappa shape index (κ1) is 12.0. The number of carbonyl (C=O) groups is 1. The van der Waals surface area contributed by atoms with Crippen LogP contribution in [-0.2, 0) is 20.3 Å². The van der Waals surface area contributed by atoms with Gasteiger partial charge >= 0.3 is 0 Å². The molecule has 0 aromatic rings. The fourth-order valence-corrected chi connectivity index (χ4v) is 3.27. The van der Waals surface area contributed by atoms with Gasteiger partial charge < -0.3 is 15.4 Å². The van der Waals surface area contributed by atoms with Crippen molar-refractivity contribution in [2.45, 2.75) is 25.0 Å². The van der Waals surface area contributed by atoms with Crippen LogP contribution in [0.25, 0.3) is 0 Å². The molecule has 0 radical (unpaired) electrons. The molecule has 6 heteroatoms. The lowest BCUT2D eigenvalue weighted by Crippen LogP contribution is -2.51. The largest absolute Gasteiger partial charge is 0.366 e. The first-order valence-corrected chi connectivity index (χ1v) is 7.22. The van der Waals surface area contributed by atoms with Crippen molar-refractivity contribution < 1.29 is 13.7 Å². The van der Waals surface area contributed by atoms with E-state index in [1.807, 2.05) is 0 Å². The number of rotatable bonds is 2. The first-order chi connectivity index (χ1) is 7.75. The molecule has 2 fully saturated rings. The van der Waals surface area contributed by atoms with Crippen molar-refractivity contribution in [2.75, 3.05) is 31.2 Å². The predicted molar refractivity (Wildman–Crippen MR) is 61.7 cm³/mol. The van der Waals surface area contributed by atoms with Gasteiger partial charge in [0.1, 0.15) is 6.10 Å². The molecule has 0 aromatic heterocycles. The van der Waals surface area contributed by atoms with Crippen molar-refractivity contribution in [1.82, 2.24) is 10.6 Å². The third-order valence-corrected chi connectivity index (χ3v) is 4.34. The van der Waals surface area contributed by atoms with E-state index in [1.54, 1.807) is 0 Å². The fraction of sp³-hybridized carbons (Fsp3) is 0.900. The molecule has 16 heavy (non-hydrogen) atoms. The van der Waals surface area contributed by atoms with Crippen molar-refractivity contribution in [1.29, 1.82) is 0 Å². The molecule has 0 aliphatic carbocycles. The lowest BCUT2D eigenvalue weighted by atomic mass is 10.1. The Balaban J connectivity index is 1.75. The third kappa shape index (κ3) is 3.26. The molecule has 2 rings (SSSR count). The van der Waals surface area contributed by atoms with Gasteiger partial charge in [-0.15, -0.1) is 0 Å². The number of carbonyl (C=O) groups excluding carboxylic acids is 1. The Morgan fingerprint density at radius 3 is 2.75 bits per heavy atom. The zero-order valence-electron chi connectivity index (χ0n) is 9.24. The molecule has 1 unspecified atom stereocenters. The van der Waals surface area contributed by atoms with Gasteiger partial charge in [0.2, 0.25) is 0 Å². The zero-order valence-corrected chi connectivity index (χ0v) is 10.1. The topological polar surface area (TPSA) is 67.4 Å². The van der Waals surface area contributed by atoms with E-state index in [0.717, 1.165) is 19.4 Å². The van der Waals surface area contributed by atoms with E-state index in [1.165, 1.54) is 0 Å². The quantitative estimate of drug-likeness (QED) is 0.656. The molecule has 2 aliphatic rings. The molecular weight excluding hydrogens is 228 g/mol. The van der Waals surface area contributed by atoms with E-state index < -0.39 is 10.8 Å². The molecule has 2 N–H and O–H groups in total. The number of ether oxygens (including phenoxy) is 1. The second-order valence-corrected chi connectivity index (χ2v) is 5.89. The summed E-state index contributed by atoms with van der Waals surface area (Å²) in [5, 5.41) is 6.10. The van der Waals surface area contributed by atoms with Gasteiger partial charge in [-0.3, -0.25) is 9.00 Å². The first-order valence-electron chi connectivity index (χ1n) is 5.73. The Morgan fingerprint density at radius 1 is 1.38 bits per heavy atom. The van der Waals surface area contributed by atoms with E-state index in [0.29, 0.717) is 24.7 Å². The summed E-state index contributed by atoms with van der Waals surface area (Å²) in [5.41, 5.74) is 0. The summed E-state index contributed by atoms with van der Waals surface area (Å²) in [7, 11) is -0.675. The van der Waals surface area contributed by atoms with E-state index in [9.17, 15) is 9.00 Å². The van der Waals surface area contributed by atoms with Gasteiger partial charge in [-0.05, 0) is 12.8 Å². The summed E-state index contributed by atoms with van der Waals surface area (Å²) in [6, 6.07) is 0.177. The third-order valence-electron chi connectivity index (χ3n) is 2.95. The maximum absolute atomic E-state index is 11.8. The summed E-state index contributed by atoms with van der Waals surface area (Å²) in [4.78, 5) is 11.8. The molecule has 2 heterocycles. The van der Waals surface area contributed by atoms with Crippen LogP contribution in [0.3, 0.4) is 0 Å². The average molecular weight is 246 g/mol. The lowest BCUT2D eigenvalue weighted by molar-refractivity contribution is -0.135. The summed E-state index contributed by atoms with van der Waals surface area (Å²) < 4.78 is 16.5. The van der Waals surface area contributed by atoms with E-state index >= 15 is 0 Å². The Morgan fingerprint density at radius 2 is 2.12 bits per heavy atom. The summed E-state index contributed by atoms with van der Waals surface area (Å²) in [6.07, 6.45) is 1.28. The van der Waals surface area contributed by atoms with Crippen molar-refractivity contribution in [3.05, 3.63) is 0 Å². The summed E-state index contributed by atoms with van der Waals surface area (Å²) in [5.74, 6) is 1.37. The van der Waals surface area contributed by atoms with Crippen LogP contribution in [-0.4, -0.2) is 53.5 Å². The van der Waals surface area contributed by atoms with Gasteiger partial charge in [0, 0.05) is 41.4 Å². The minimum Gasteiger partial charge on any atom is -0.366 e. The van der Waals surface area contributed by atoms with Gasteiger partial charge in [-0.2, -0.15) is 0 Å². The minimum atomic E-state index is -0.675. The number of amides is 1. The molecule has 0 bridgehead atoms. The molecule has 2 saturated heterocycles. The molecule has 0 spiro atoms. The number of morpholine rings is 1. The number of nitrogens with one attached hydrogen (secondary N) is 2. The lowest BCUT2D eigenvalue weighted by Gasteiger charge is -2.27. The average Bonchev–Trinajstić information content (AvgIpc) is 2.33. The molecule has 1 amide bonds. The van der Waals surface area contributed by atoms with Crippen molar-refractivity contribution in [3.63, 3.8) is 0 Å². The molecule has 0 saturated carbocycles. The highest BCUT2D eigenvalue weighted by molar-refractivity contribution is 7.85. The summed E-state index contributed by atoms with van der Waals surface area (Å²) >= 11 is 0. The summed E-state index contributed by atoms with van der Waals surface area (Å²) in [6.45, 7) is 1.99. The highest BCUT2D eigenvalue weighted by atomic mass is 32.2. The van der Waals surface area contributed by atoms with Crippen molar-refractivity contribution >= 4 is 16.7 Å². The van der Waals surface area contributed by atoms with Crippen LogP contribution in [0, 0.1) is 0 Å². The molecule has 5 nitrogen and oxygen atoms in total. The highest BCUT2D eigenvalue weighted by Gasteiger charge is 2.25. The van der Waals surface area contributed by atoms with Crippen LogP contribution in [0.2, 0.25) is 0 Å². The van der Waals surface area contributed by atoms with Crippen LogP contribution in [0.4, 0.5) is 0 Å². The second kappa shape index (κ2) is 5.75. The minimum absolute atomic E-state index is 0.0371. The SMILES string of the molecule is O=C(NC1CCS(=O)CC1)C1CNCCO1. The normalized spacial score (nSPS) is 35.6. The Hall–Kier alpha value is -0.460. The monoisotopic (exact) mass is 246 g/mol. The molecule has 0 aromatic carbocycles. The Labute approximate surface area is 97.8 Å². The predicted octanol–water partition coefficient (Wildman–Crippen LogP) is -0.998. The van der Waals surface area contributed by atoms with Crippen LogP contribution >= 0.6 is 0 Å². The number of hydrogen-bond acceptors (Lipinski definition) is 4. The maximum atomic E-state index is 11.8. The zero-order chi connectivity index (χ0) is 11.4.